The third-order valence-corrected chi connectivity index (χ3v) is 6.62. The van der Waals surface area contributed by atoms with E-state index in [1.807, 2.05) is 18.3 Å². The van der Waals surface area contributed by atoms with Gasteiger partial charge in [-0.05, 0) is 49.1 Å². The molecule has 0 aliphatic carbocycles. The van der Waals surface area contributed by atoms with E-state index in [4.69, 9.17) is 21.0 Å². The zero-order chi connectivity index (χ0) is 21.2. The number of thiophene rings is 1. The molecule has 4 aromatic rings. The van der Waals surface area contributed by atoms with Crippen LogP contribution in [0.15, 0.2) is 48.7 Å². The topological polar surface area (TPSA) is 91.7 Å². The van der Waals surface area contributed by atoms with Gasteiger partial charge in [-0.25, -0.2) is 15.0 Å². The first-order valence-corrected chi connectivity index (χ1v) is 11.3. The lowest BCUT2D eigenvalue weighted by Gasteiger charge is -2.27. The standard InChI is InChI=1S/C24H22N6S/c25-14-16-5-4-6-18(11-16)23-28-22(26)20-13-19(31-24(20)29-23)12-17-7-8-21(27-15-17)30-9-2-1-3-10-30/h4-8,11,13,15H,1-3,9-10,12H2,(H2,26,28,29). The SMILES string of the molecule is N#Cc1cccc(-c2nc(N)c3cc(Cc4ccc(N5CCCCC5)nc4)sc3n2)c1. The second-order valence-electron chi connectivity index (χ2n) is 7.81. The number of nitrogens with zero attached hydrogens (tertiary/aromatic N) is 5. The van der Waals surface area contributed by atoms with Gasteiger partial charge in [0, 0.05) is 36.1 Å². The van der Waals surface area contributed by atoms with Crippen LogP contribution in [0.4, 0.5) is 11.6 Å². The van der Waals surface area contributed by atoms with Crippen LogP contribution in [0.3, 0.4) is 0 Å². The van der Waals surface area contributed by atoms with Gasteiger partial charge in [0.25, 0.3) is 0 Å². The molecule has 0 bridgehead atoms. The third-order valence-electron chi connectivity index (χ3n) is 5.59. The molecular formula is C24H22N6S. The lowest BCUT2D eigenvalue weighted by atomic mass is 10.1. The van der Waals surface area contributed by atoms with Crippen LogP contribution in [0, 0.1) is 11.3 Å². The molecule has 0 amide bonds. The van der Waals surface area contributed by atoms with Crippen molar-refractivity contribution in [1.82, 2.24) is 15.0 Å². The maximum absolute atomic E-state index is 9.15. The van der Waals surface area contributed by atoms with Gasteiger partial charge in [-0.15, -0.1) is 11.3 Å². The normalized spacial score (nSPS) is 14.0. The molecule has 7 heteroatoms. The summed E-state index contributed by atoms with van der Waals surface area (Å²) in [5, 5.41) is 10.0. The predicted molar refractivity (Wildman–Crippen MR) is 125 cm³/mol. The fourth-order valence-corrected chi connectivity index (χ4v) is 5.04. The van der Waals surface area contributed by atoms with Crippen molar-refractivity contribution in [2.75, 3.05) is 23.7 Å². The van der Waals surface area contributed by atoms with Crippen LogP contribution in [0.5, 0.6) is 0 Å². The van der Waals surface area contributed by atoms with Crippen LogP contribution in [0.1, 0.15) is 35.3 Å². The summed E-state index contributed by atoms with van der Waals surface area (Å²) in [6.45, 7) is 2.19. The Balaban J connectivity index is 1.39. The Morgan fingerprint density at radius 2 is 1.94 bits per heavy atom. The number of benzene rings is 1. The zero-order valence-electron chi connectivity index (χ0n) is 17.1. The molecule has 3 aromatic heterocycles. The molecule has 1 aliphatic rings. The van der Waals surface area contributed by atoms with Crippen LogP contribution < -0.4 is 10.6 Å². The number of nitrogen functional groups attached to an aromatic ring is 1. The van der Waals surface area contributed by atoms with Gasteiger partial charge >= 0.3 is 0 Å². The third kappa shape index (κ3) is 4.07. The number of hydrogen-bond acceptors (Lipinski definition) is 7. The Morgan fingerprint density at radius 3 is 2.71 bits per heavy atom. The van der Waals surface area contributed by atoms with Gasteiger partial charge in [0.1, 0.15) is 16.5 Å². The molecule has 0 radical (unpaired) electrons. The van der Waals surface area contributed by atoms with Crippen LogP contribution in [0.25, 0.3) is 21.6 Å². The van der Waals surface area contributed by atoms with Gasteiger partial charge in [-0.1, -0.05) is 18.2 Å². The average Bonchev–Trinajstić information content (AvgIpc) is 3.23. The molecule has 2 N–H and O–H groups in total. The van der Waals surface area contributed by atoms with Crippen LogP contribution >= 0.6 is 11.3 Å². The van der Waals surface area contributed by atoms with E-state index >= 15 is 0 Å². The van der Waals surface area contributed by atoms with E-state index in [9.17, 15) is 0 Å². The maximum Gasteiger partial charge on any atom is 0.163 e. The summed E-state index contributed by atoms with van der Waals surface area (Å²) >= 11 is 1.62. The summed E-state index contributed by atoms with van der Waals surface area (Å²) < 4.78 is 0. The quantitative estimate of drug-likeness (QED) is 0.504. The van der Waals surface area contributed by atoms with Crippen molar-refractivity contribution < 1.29 is 0 Å². The molecule has 154 valence electrons. The number of nitriles is 1. The van der Waals surface area contributed by atoms with E-state index in [0.29, 0.717) is 17.2 Å². The number of rotatable bonds is 4. The minimum Gasteiger partial charge on any atom is -0.383 e. The Morgan fingerprint density at radius 1 is 1.06 bits per heavy atom. The van der Waals surface area contributed by atoms with E-state index < -0.39 is 0 Å². The molecule has 1 aromatic carbocycles. The Labute approximate surface area is 185 Å². The van der Waals surface area contributed by atoms with Gasteiger partial charge in [-0.2, -0.15) is 5.26 Å². The van der Waals surface area contributed by atoms with Crippen molar-refractivity contribution in [1.29, 1.82) is 5.26 Å². The number of fused-ring (bicyclic) bond motifs is 1. The molecule has 1 aliphatic heterocycles. The Bertz CT molecular complexity index is 1270. The lowest BCUT2D eigenvalue weighted by Crippen LogP contribution is -2.30. The Hall–Kier alpha value is -3.50. The molecular weight excluding hydrogens is 404 g/mol. The molecule has 0 unspecified atom stereocenters. The van der Waals surface area contributed by atoms with Crippen LogP contribution in [-0.2, 0) is 6.42 Å². The van der Waals surface area contributed by atoms with E-state index in [-0.39, 0.29) is 0 Å². The van der Waals surface area contributed by atoms with Crippen molar-refractivity contribution in [2.45, 2.75) is 25.7 Å². The average molecular weight is 427 g/mol. The highest BCUT2D eigenvalue weighted by Crippen LogP contribution is 2.31. The largest absolute Gasteiger partial charge is 0.383 e. The van der Waals surface area contributed by atoms with E-state index in [1.165, 1.54) is 29.7 Å². The van der Waals surface area contributed by atoms with Crippen molar-refractivity contribution in [3.05, 3.63) is 64.7 Å². The summed E-state index contributed by atoms with van der Waals surface area (Å²) in [6, 6.07) is 15.8. The van der Waals surface area contributed by atoms with Crippen molar-refractivity contribution >= 4 is 33.2 Å². The van der Waals surface area contributed by atoms with E-state index in [1.54, 1.807) is 23.5 Å². The molecule has 0 spiro atoms. The second kappa shape index (κ2) is 8.32. The number of anilines is 2. The monoisotopic (exact) mass is 426 g/mol. The van der Waals surface area contributed by atoms with Gasteiger partial charge in [0.05, 0.1) is 17.0 Å². The molecule has 31 heavy (non-hydrogen) atoms. The lowest BCUT2D eigenvalue weighted by molar-refractivity contribution is 0.573. The highest BCUT2D eigenvalue weighted by atomic mass is 32.1. The molecule has 1 saturated heterocycles. The fourth-order valence-electron chi connectivity index (χ4n) is 3.97. The summed E-state index contributed by atoms with van der Waals surface area (Å²) in [5.74, 6) is 2.07. The number of piperidine rings is 1. The molecule has 4 heterocycles. The van der Waals surface area contributed by atoms with E-state index in [0.717, 1.165) is 41.1 Å². The van der Waals surface area contributed by atoms with Gasteiger partial charge in [-0.3, -0.25) is 0 Å². The van der Waals surface area contributed by atoms with Gasteiger partial charge in [0.15, 0.2) is 5.82 Å². The summed E-state index contributed by atoms with van der Waals surface area (Å²) in [4.78, 5) is 18.3. The maximum atomic E-state index is 9.15. The number of nitrogens with two attached hydrogens (primary N) is 1. The van der Waals surface area contributed by atoms with Crippen molar-refractivity contribution in [2.24, 2.45) is 0 Å². The molecule has 0 saturated carbocycles. The highest BCUT2D eigenvalue weighted by molar-refractivity contribution is 7.18. The molecule has 0 atom stereocenters. The molecule has 1 fully saturated rings. The minimum absolute atomic E-state index is 0.462. The molecule has 5 rings (SSSR count). The fraction of sp³-hybridized carbons (Fsp3) is 0.250. The van der Waals surface area contributed by atoms with Crippen molar-refractivity contribution in [3.8, 4) is 17.5 Å². The number of pyridine rings is 1. The van der Waals surface area contributed by atoms with Crippen molar-refractivity contribution in [3.63, 3.8) is 0 Å². The first-order valence-electron chi connectivity index (χ1n) is 10.5. The predicted octanol–water partition coefficient (Wildman–Crippen LogP) is 4.79. The highest BCUT2D eigenvalue weighted by Gasteiger charge is 2.14. The van der Waals surface area contributed by atoms with Gasteiger partial charge < -0.3 is 10.6 Å². The summed E-state index contributed by atoms with van der Waals surface area (Å²) in [5.41, 5.74) is 8.78. The minimum atomic E-state index is 0.462. The number of hydrogen-bond donors (Lipinski definition) is 1. The van der Waals surface area contributed by atoms with Crippen LogP contribution in [0.2, 0.25) is 0 Å². The second-order valence-corrected chi connectivity index (χ2v) is 8.92. The first-order chi connectivity index (χ1) is 15.2. The zero-order valence-corrected chi connectivity index (χ0v) is 17.9. The number of aromatic nitrogens is 3. The smallest absolute Gasteiger partial charge is 0.163 e. The summed E-state index contributed by atoms with van der Waals surface area (Å²) in [7, 11) is 0. The first kappa shape index (κ1) is 19.5. The van der Waals surface area contributed by atoms with Crippen LogP contribution in [-0.4, -0.2) is 28.0 Å². The summed E-state index contributed by atoms with van der Waals surface area (Å²) in [6.07, 6.45) is 6.57. The van der Waals surface area contributed by atoms with E-state index in [2.05, 4.69) is 34.2 Å². The van der Waals surface area contributed by atoms with Gasteiger partial charge in [0.2, 0.25) is 0 Å². The molecule has 6 nitrogen and oxygen atoms in total. The Kier molecular flexibility index (Phi) is 5.23.